The lowest BCUT2D eigenvalue weighted by atomic mass is 9.64. The predicted molar refractivity (Wildman–Crippen MR) is 54.2 cm³/mol. The third-order valence-electron chi connectivity index (χ3n) is 4.12. The fraction of sp³-hybridized carbons (Fsp3) is 0.917. The smallest absolute Gasteiger partial charge is 0.0572 e. The number of hydrogen-bond donors (Lipinski definition) is 1. The van der Waals surface area contributed by atoms with Gasteiger partial charge in [0.2, 0.25) is 0 Å². The van der Waals surface area contributed by atoms with Gasteiger partial charge < -0.3 is 5.11 Å². The summed E-state index contributed by atoms with van der Waals surface area (Å²) in [7, 11) is 0. The fourth-order valence-corrected chi connectivity index (χ4v) is 3.47. The maximum Gasteiger partial charge on any atom is 0.0572 e. The Morgan fingerprint density at radius 2 is 1.69 bits per heavy atom. The minimum absolute atomic E-state index is 0.314. The van der Waals surface area contributed by atoms with E-state index in [9.17, 15) is 5.11 Å². The van der Waals surface area contributed by atoms with Gasteiger partial charge in [0, 0.05) is 0 Å². The molecule has 2 aliphatic carbocycles. The minimum atomic E-state index is -0.314. The van der Waals surface area contributed by atoms with Crippen LogP contribution in [0, 0.1) is 24.7 Å². The van der Waals surface area contributed by atoms with Crippen LogP contribution in [0.1, 0.15) is 44.9 Å². The summed E-state index contributed by atoms with van der Waals surface area (Å²) in [6.45, 7) is 3.81. The van der Waals surface area contributed by atoms with E-state index in [-0.39, 0.29) is 6.10 Å². The highest BCUT2D eigenvalue weighted by atomic mass is 16.3. The Morgan fingerprint density at radius 3 is 2.46 bits per heavy atom. The van der Waals surface area contributed by atoms with Crippen molar-refractivity contribution in [3.05, 3.63) is 6.92 Å². The van der Waals surface area contributed by atoms with E-state index >= 15 is 0 Å². The molecule has 4 unspecified atom stereocenters. The first-order valence-electron chi connectivity index (χ1n) is 5.80. The first-order valence-corrected chi connectivity index (χ1v) is 5.80. The fourth-order valence-electron chi connectivity index (χ4n) is 3.47. The van der Waals surface area contributed by atoms with Crippen molar-refractivity contribution in [1.82, 2.24) is 0 Å². The highest BCUT2D eigenvalue weighted by molar-refractivity contribution is 4.88. The monoisotopic (exact) mass is 181 g/mol. The number of hydrogen-bond acceptors (Lipinski definition) is 1. The molecule has 0 bridgehead atoms. The van der Waals surface area contributed by atoms with Crippen molar-refractivity contribution in [3.63, 3.8) is 0 Å². The highest BCUT2D eigenvalue weighted by Crippen LogP contribution is 2.44. The van der Waals surface area contributed by atoms with Gasteiger partial charge in [0.15, 0.2) is 0 Å². The van der Waals surface area contributed by atoms with E-state index < -0.39 is 0 Å². The summed E-state index contributed by atoms with van der Waals surface area (Å²) in [6.07, 6.45) is 9.19. The Hall–Kier alpha value is -0.0400. The lowest BCUT2D eigenvalue weighted by Gasteiger charge is -2.42. The second-order valence-corrected chi connectivity index (χ2v) is 4.87. The van der Waals surface area contributed by atoms with Crippen molar-refractivity contribution < 1.29 is 5.11 Å². The Bertz CT molecular complexity index is 163. The summed E-state index contributed by atoms with van der Waals surface area (Å²) in [5.41, 5.74) is 0. The molecule has 1 nitrogen and oxygen atoms in total. The van der Waals surface area contributed by atoms with Crippen molar-refractivity contribution in [3.8, 4) is 0 Å². The largest absolute Gasteiger partial charge is 0.393 e. The predicted octanol–water partition coefficient (Wildman–Crippen LogP) is 2.79. The highest BCUT2D eigenvalue weighted by Gasteiger charge is 2.36. The molecule has 1 N–H and O–H groups in total. The lowest BCUT2D eigenvalue weighted by molar-refractivity contribution is 0.0253. The van der Waals surface area contributed by atoms with Gasteiger partial charge in [-0.1, -0.05) is 32.1 Å². The SMILES string of the molecule is [CH2]C(O)C1CCCC2CCCCC21. The van der Waals surface area contributed by atoms with Gasteiger partial charge >= 0.3 is 0 Å². The molecule has 0 aromatic heterocycles. The molecule has 4 atom stereocenters. The van der Waals surface area contributed by atoms with Gasteiger partial charge in [-0.3, -0.25) is 0 Å². The van der Waals surface area contributed by atoms with E-state index in [0.717, 1.165) is 11.8 Å². The molecule has 0 aliphatic heterocycles. The van der Waals surface area contributed by atoms with Crippen molar-refractivity contribution >= 4 is 0 Å². The molecule has 2 saturated carbocycles. The third kappa shape index (κ3) is 1.90. The first kappa shape index (κ1) is 9.51. The molecule has 0 spiro atoms. The van der Waals surface area contributed by atoms with Crippen molar-refractivity contribution in [2.75, 3.05) is 0 Å². The molecule has 0 heterocycles. The Balaban J connectivity index is 2.02. The van der Waals surface area contributed by atoms with Crippen LogP contribution < -0.4 is 0 Å². The number of rotatable bonds is 1. The van der Waals surface area contributed by atoms with Crippen molar-refractivity contribution in [2.45, 2.75) is 51.0 Å². The van der Waals surface area contributed by atoms with Crippen LogP contribution in [-0.2, 0) is 0 Å². The summed E-state index contributed by atoms with van der Waals surface area (Å²) in [5, 5.41) is 9.60. The number of fused-ring (bicyclic) bond motifs is 1. The lowest BCUT2D eigenvalue weighted by Crippen LogP contribution is -2.36. The number of aliphatic hydroxyl groups excluding tert-OH is 1. The van der Waals surface area contributed by atoms with Crippen LogP contribution in [0.3, 0.4) is 0 Å². The van der Waals surface area contributed by atoms with E-state index in [1.165, 1.54) is 44.9 Å². The molecule has 2 fully saturated rings. The average Bonchev–Trinajstić information content (AvgIpc) is 2.17. The van der Waals surface area contributed by atoms with E-state index in [1.807, 2.05) is 0 Å². The molecule has 0 aromatic rings. The zero-order valence-corrected chi connectivity index (χ0v) is 8.41. The standard InChI is InChI=1S/C12H21O/c1-9(13)11-8-4-6-10-5-2-3-7-12(10)11/h9-13H,1-8H2. The molecule has 2 rings (SSSR count). The van der Waals surface area contributed by atoms with Gasteiger partial charge in [0.1, 0.15) is 0 Å². The van der Waals surface area contributed by atoms with E-state index in [1.54, 1.807) is 0 Å². The zero-order chi connectivity index (χ0) is 9.26. The molecule has 1 heteroatoms. The van der Waals surface area contributed by atoms with E-state index in [4.69, 9.17) is 0 Å². The van der Waals surface area contributed by atoms with Gasteiger partial charge in [0.05, 0.1) is 6.10 Å². The Labute approximate surface area is 81.5 Å². The summed E-state index contributed by atoms with van der Waals surface area (Å²) in [6, 6.07) is 0. The zero-order valence-electron chi connectivity index (χ0n) is 8.41. The third-order valence-corrected chi connectivity index (χ3v) is 4.12. The van der Waals surface area contributed by atoms with Crippen molar-refractivity contribution in [1.29, 1.82) is 0 Å². The summed E-state index contributed by atoms with van der Waals surface area (Å²) in [4.78, 5) is 0. The molecular weight excluding hydrogens is 160 g/mol. The van der Waals surface area contributed by atoms with Crippen LogP contribution in [0.5, 0.6) is 0 Å². The van der Waals surface area contributed by atoms with Gasteiger partial charge in [-0.15, -0.1) is 0 Å². The summed E-state index contributed by atoms with van der Waals surface area (Å²) in [5.74, 6) is 2.23. The molecule has 0 saturated heterocycles. The van der Waals surface area contributed by atoms with Crippen LogP contribution >= 0.6 is 0 Å². The topological polar surface area (TPSA) is 20.2 Å². The minimum Gasteiger partial charge on any atom is -0.393 e. The quantitative estimate of drug-likeness (QED) is 0.659. The van der Waals surface area contributed by atoms with Crippen LogP contribution in [-0.4, -0.2) is 11.2 Å². The van der Waals surface area contributed by atoms with Crippen LogP contribution in [0.15, 0.2) is 0 Å². The maximum absolute atomic E-state index is 9.60. The normalized spacial score (nSPS) is 42.5. The second kappa shape index (κ2) is 4.00. The molecule has 2 aliphatic rings. The Kier molecular flexibility index (Phi) is 2.92. The summed E-state index contributed by atoms with van der Waals surface area (Å²) >= 11 is 0. The van der Waals surface area contributed by atoms with Crippen LogP contribution in [0.25, 0.3) is 0 Å². The molecule has 0 amide bonds. The molecule has 1 radical (unpaired) electrons. The van der Waals surface area contributed by atoms with E-state index in [0.29, 0.717) is 5.92 Å². The van der Waals surface area contributed by atoms with E-state index in [2.05, 4.69) is 6.92 Å². The van der Waals surface area contributed by atoms with Gasteiger partial charge in [-0.25, -0.2) is 0 Å². The second-order valence-electron chi connectivity index (χ2n) is 4.87. The molecular formula is C12H21O. The van der Waals surface area contributed by atoms with Crippen LogP contribution in [0.4, 0.5) is 0 Å². The van der Waals surface area contributed by atoms with Crippen molar-refractivity contribution in [2.24, 2.45) is 17.8 Å². The molecule has 0 aromatic carbocycles. The maximum atomic E-state index is 9.60. The van der Waals surface area contributed by atoms with Gasteiger partial charge in [0.25, 0.3) is 0 Å². The van der Waals surface area contributed by atoms with Crippen LogP contribution in [0.2, 0.25) is 0 Å². The Morgan fingerprint density at radius 1 is 1.00 bits per heavy atom. The number of aliphatic hydroxyl groups is 1. The molecule has 75 valence electrons. The first-order chi connectivity index (χ1) is 6.29. The van der Waals surface area contributed by atoms with Gasteiger partial charge in [-0.05, 0) is 37.5 Å². The van der Waals surface area contributed by atoms with Gasteiger partial charge in [-0.2, -0.15) is 0 Å². The molecule has 13 heavy (non-hydrogen) atoms. The summed E-state index contributed by atoms with van der Waals surface area (Å²) < 4.78 is 0. The average molecular weight is 181 g/mol.